The van der Waals surface area contributed by atoms with Crippen molar-refractivity contribution in [2.45, 2.75) is 13.0 Å². The lowest BCUT2D eigenvalue weighted by molar-refractivity contribution is 0.588. The molecule has 3 heterocycles. The van der Waals surface area contributed by atoms with E-state index in [1.54, 1.807) is 23.6 Å². The van der Waals surface area contributed by atoms with Crippen molar-refractivity contribution in [1.29, 1.82) is 0 Å². The van der Waals surface area contributed by atoms with Crippen LogP contribution in [0.4, 0.5) is 15.5 Å². The van der Waals surface area contributed by atoms with Crippen molar-refractivity contribution in [2.24, 2.45) is 0 Å². The maximum absolute atomic E-state index is 14.0. The molecule has 0 radical (unpaired) electrons. The van der Waals surface area contributed by atoms with Gasteiger partial charge in [-0.25, -0.2) is 19.3 Å². The molecule has 0 saturated carbocycles. The lowest BCUT2D eigenvalue weighted by Crippen LogP contribution is -2.43. The number of anilines is 2. The van der Waals surface area contributed by atoms with E-state index < -0.39 is 0 Å². The van der Waals surface area contributed by atoms with Crippen molar-refractivity contribution >= 4 is 22.4 Å². The van der Waals surface area contributed by atoms with E-state index >= 15 is 0 Å². The predicted molar refractivity (Wildman–Crippen MR) is 132 cm³/mol. The highest BCUT2D eigenvalue weighted by Crippen LogP contribution is 2.40. The molecule has 1 fully saturated rings. The van der Waals surface area contributed by atoms with Gasteiger partial charge in [-0.1, -0.05) is 53.8 Å². The first kappa shape index (κ1) is 21.5. The van der Waals surface area contributed by atoms with Crippen LogP contribution in [0.2, 0.25) is 0 Å². The molecule has 2 aromatic carbocycles. The van der Waals surface area contributed by atoms with Crippen LogP contribution < -0.4 is 15.5 Å². The Kier molecular flexibility index (Phi) is 6.28. The molecule has 0 aliphatic carbocycles. The summed E-state index contributed by atoms with van der Waals surface area (Å²) in [5.74, 6) is 0.267. The Labute approximate surface area is 196 Å². The normalized spacial score (nSPS) is 14.8. The molecular weight excluding hydrogens is 435 g/mol. The van der Waals surface area contributed by atoms with Gasteiger partial charge in [0.2, 0.25) is 5.95 Å². The van der Waals surface area contributed by atoms with E-state index in [1.165, 1.54) is 12.1 Å². The van der Waals surface area contributed by atoms with Crippen molar-refractivity contribution in [3.63, 3.8) is 0 Å². The predicted octanol–water partition coefficient (Wildman–Crippen LogP) is 4.99. The third kappa shape index (κ3) is 4.86. The standard InChI is InChI=1S/C25H25FN6S/c1-17(18-6-3-2-4-7-18)29-24-28-11-10-21(30-24)23-22(19-8-5-9-20(26)16-19)31-25(33-23)32-14-12-27-13-15-32/h2-11,16-17,27H,12-15H2,1H3,(H,28,29,30). The van der Waals surface area contributed by atoms with Gasteiger partial charge in [-0.3, -0.25) is 0 Å². The SMILES string of the molecule is CC(Nc1nccc(-c2sc(N3CCNCC3)nc2-c2cccc(F)c2)n1)c1ccccc1. The zero-order valence-electron chi connectivity index (χ0n) is 18.3. The summed E-state index contributed by atoms with van der Waals surface area (Å²) in [6.45, 7) is 5.70. The fourth-order valence-corrected chi connectivity index (χ4v) is 4.99. The zero-order valence-corrected chi connectivity index (χ0v) is 19.1. The minimum Gasteiger partial charge on any atom is -0.348 e. The highest BCUT2D eigenvalue weighted by atomic mass is 32.1. The van der Waals surface area contributed by atoms with Crippen molar-refractivity contribution in [3.8, 4) is 21.8 Å². The number of nitrogens with zero attached hydrogens (tertiary/aromatic N) is 4. The second-order valence-corrected chi connectivity index (χ2v) is 8.94. The zero-order chi connectivity index (χ0) is 22.6. The van der Waals surface area contributed by atoms with Gasteiger partial charge in [0, 0.05) is 37.9 Å². The minimum atomic E-state index is -0.281. The van der Waals surface area contributed by atoms with E-state index in [0.717, 1.165) is 58.7 Å². The molecule has 6 nitrogen and oxygen atoms in total. The number of piperazine rings is 1. The summed E-state index contributed by atoms with van der Waals surface area (Å²) in [6, 6.07) is 18.7. The number of aromatic nitrogens is 3. The number of nitrogens with one attached hydrogen (secondary N) is 2. The number of hydrogen-bond acceptors (Lipinski definition) is 7. The number of halogens is 1. The maximum Gasteiger partial charge on any atom is 0.223 e. The fraction of sp³-hybridized carbons (Fsp3) is 0.240. The molecule has 0 bridgehead atoms. The van der Waals surface area contributed by atoms with Gasteiger partial charge < -0.3 is 15.5 Å². The van der Waals surface area contributed by atoms with Crippen LogP contribution in [0.25, 0.3) is 21.8 Å². The molecule has 1 unspecified atom stereocenters. The lowest BCUT2D eigenvalue weighted by atomic mass is 10.1. The van der Waals surface area contributed by atoms with E-state index in [-0.39, 0.29) is 11.9 Å². The van der Waals surface area contributed by atoms with Gasteiger partial charge >= 0.3 is 0 Å². The van der Waals surface area contributed by atoms with Crippen LogP contribution in [0.1, 0.15) is 18.5 Å². The second-order valence-electron chi connectivity index (χ2n) is 7.96. The lowest BCUT2D eigenvalue weighted by Gasteiger charge is -2.26. The molecular formula is C25H25FN6S. The average Bonchev–Trinajstić information content (AvgIpc) is 3.31. The first-order valence-corrected chi connectivity index (χ1v) is 11.9. The third-order valence-corrected chi connectivity index (χ3v) is 6.77. The summed E-state index contributed by atoms with van der Waals surface area (Å²) in [5.41, 5.74) is 3.42. The molecule has 5 rings (SSSR count). The first-order valence-electron chi connectivity index (χ1n) is 11.0. The summed E-state index contributed by atoms with van der Waals surface area (Å²) < 4.78 is 14.0. The number of hydrogen-bond donors (Lipinski definition) is 2. The molecule has 1 saturated heterocycles. The van der Waals surface area contributed by atoms with Crippen LogP contribution in [0.3, 0.4) is 0 Å². The Morgan fingerprint density at radius 2 is 1.85 bits per heavy atom. The van der Waals surface area contributed by atoms with Gasteiger partial charge in [-0.2, -0.15) is 0 Å². The number of benzene rings is 2. The fourth-order valence-electron chi connectivity index (χ4n) is 3.88. The Bertz CT molecular complexity index is 1220. The molecule has 1 aliphatic rings. The summed E-state index contributed by atoms with van der Waals surface area (Å²) in [5, 5.41) is 7.69. The molecule has 168 valence electrons. The summed E-state index contributed by atoms with van der Waals surface area (Å²) in [4.78, 5) is 17.3. The Hall–Kier alpha value is -3.36. The van der Waals surface area contributed by atoms with Gasteiger partial charge in [-0.05, 0) is 30.7 Å². The molecule has 0 amide bonds. The molecule has 1 aliphatic heterocycles. The van der Waals surface area contributed by atoms with E-state index in [9.17, 15) is 4.39 Å². The number of rotatable bonds is 6. The highest BCUT2D eigenvalue weighted by Gasteiger charge is 2.21. The van der Waals surface area contributed by atoms with Crippen LogP contribution >= 0.6 is 11.3 Å². The summed E-state index contributed by atoms with van der Waals surface area (Å²) >= 11 is 1.59. The van der Waals surface area contributed by atoms with Crippen LogP contribution in [-0.2, 0) is 0 Å². The quantitative estimate of drug-likeness (QED) is 0.423. The van der Waals surface area contributed by atoms with Crippen molar-refractivity contribution in [1.82, 2.24) is 20.3 Å². The van der Waals surface area contributed by atoms with Crippen molar-refractivity contribution in [3.05, 3.63) is 78.2 Å². The monoisotopic (exact) mass is 460 g/mol. The van der Waals surface area contributed by atoms with Gasteiger partial charge in [0.15, 0.2) is 5.13 Å². The largest absolute Gasteiger partial charge is 0.348 e. The van der Waals surface area contributed by atoms with Crippen molar-refractivity contribution in [2.75, 3.05) is 36.4 Å². The molecule has 2 aromatic heterocycles. The topological polar surface area (TPSA) is 66.0 Å². The Balaban J connectivity index is 1.51. The summed E-state index contributed by atoms with van der Waals surface area (Å²) in [7, 11) is 0. The third-order valence-electron chi connectivity index (χ3n) is 5.63. The van der Waals surface area contributed by atoms with Crippen LogP contribution in [0.5, 0.6) is 0 Å². The smallest absolute Gasteiger partial charge is 0.223 e. The highest BCUT2D eigenvalue weighted by molar-refractivity contribution is 7.19. The Morgan fingerprint density at radius 1 is 1.03 bits per heavy atom. The van der Waals surface area contributed by atoms with Gasteiger partial charge in [0.05, 0.1) is 22.3 Å². The van der Waals surface area contributed by atoms with Gasteiger partial charge in [-0.15, -0.1) is 0 Å². The van der Waals surface area contributed by atoms with Crippen LogP contribution in [-0.4, -0.2) is 41.1 Å². The molecule has 4 aromatic rings. The first-order chi connectivity index (χ1) is 16.2. The van der Waals surface area contributed by atoms with Crippen molar-refractivity contribution < 1.29 is 4.39 Å². The average molecular weight is 461 g/mol. The van der Waals surface area contributed by atoms with E-state index in [1.807, 2.05) is 30.3 Å². The van der Waals surface area contributed by atoms with Crippen LogP contribution in [0, 0.1) is 5.82 Å². The summed E-state index contributed by atoms with van der Waals surface area (Å²) in [6.07, 6.45) is 1.75. The molecule has 8 heteroatoms. The maximum atomic E-state index is 14.0. The molecule has 33 heavy (non-hydrogen) atoms. The second kappa shape index (κ2) is 9.64. The van der Waals surface area contributed by atoms with Gasteiger partial charge in [0.1, 0.15) is 5.82 Å². The van der Waals surface area contributed by atoms with Gasteiger partial charge in [0.25, 0.3) is 0 Å². The minimum absolute atomic E-state index is 0.0574. The van der Waals surface area contributed by atoms with E-state index in [2.05, 4.69) is 39.6 Å². The Morgan fingerprint density at radius 3 is 2.64 bits per heavy atom. The van der Waals surface area contributed by atoms with E-state index in [0.29, 0.717) is 5.95 Å². The van der Waals surface area contributed by atoms with E-state index in [4.69, 9.17) is 9.97 Å². The molecule has 0 spiro atoms. The van der Waals surface area contributed by atoms with Crippen LogP contribution in [0.15, 0.2) is 66.9 Å². The molecule has 1 atom stereocenters. The number of thiazole rings is 1. The molecule has 2 N–H and O–H groups in total.